The van der Waals surface area contributed by atoms with E-state index in [4.69, 9.17) is 4.74 Å². The standard InChI is InChI=1S/C10H17N3O/c1-7(2)14-10-6-9(13(4)5)11-8(3)12-10/h6-7H,1-5H3. The van der Waals surface area contributed by atoms with E-state index in [2.05, 4.69) is 9.97 Å². The molecular weight excluding hydrogens is 178 g/mol. The van der Waals surface area contributed by atoms with Crippen molar-refractivity contribution in [2.75, 3.05) is 19.0 Å². The van der Waals surface area contributed by atoms with Gasteiger partial charge in [-0.05, 0) is 20.8 Å². The molecule has 0 amide bonds. The maximum Gasteiger partial charge on any atom is 0.218 e. The number of hydrogen-bond donors (Lipinski definition) is 0. The molecule has 1 rings (SSSR count). The molecule has 0 aliphatic carbocycles. The lowest BCUT2D eigenvalue weighted by Crippen LogP contribution is -2.14. The Kier molecular flexibility index (Phi) is 3.28. The Balaban J connectivity index is 2.95. The van der Waals surface area contributed by atoms with Crippen LogP contribution in [0.4, 0.5) is 5.82 Å². The van der Waals surface area contributed by atoms with Gasteiger partial charge >= 0.3 is 0 Å². The van der Waals surface area contributed by atoms with E-state index in [1.54, 1.807) is 0 Å². The number of anilines is 1. The van der Waals surface area contributed by atoms with Crippen molar-refractivity contribution in [3.8, 4) is 5.88 Å². The summed E-state index contributed by atoms with van der Waals surface area (Å²) in [6.45, 7) is 5.82. The lowest BCUT2D eigenvalue weighted by molar-refractivity contribution is 0.232. The molecule has 0 spiro atoms. The van der Waals surface area contributed by atoms with Gasteiger partial charge in [0.05, 0.1) is 6.10 Å². The third-order valence-corrected chi connectivity index (χ3v) is 1.62. The molecule has 0 fully saturated rings. The third kappa shape index (κ3) is 2.87. The zero-order chi connectivity index (χ0) is 10.7. The van der Waals surface area contributed by atoms with Crippen molar-refractivity contribution < 1.29 is 4.74 Å². The van der Waals surface area contributed by atoms with E-state index in [9.17, 15) is 0 Å². The SMILES string of the molecule is Cc1nc(OC(C)C)cc(N(C)C)n1. The first-order valence-electron chi connectivity index (χ1n) is 4.68. The molecule has 0 N–H and O–H groups in total. The fourth-order valence-electron chi connectivity index (χ4n) is 1.06. The van der Waals surface area contributed by atoms with Crippen molar-refractivity contribution >= 4 is 5.82 Å². The quantitative estimate of drug-likeness (QED) is 0.735. The molecule has 0 aliphatic heterocycles. The first kappa shape index (κ1) is 10.8. The molecule has 14 heavy (non-hydrogen) atoms. The van der Waals surface area contributed by atoms with Crippen LogP contribution >= 0.6 is 0 Å². The molecule has 0 saturated heterocycles. The van der Waals surface area contributed by atoms with Crippen LogP contribution in [-0.4, -0.2) is 30.2 Å². The van der Waals surface area contributed by atoms with Gasteiger partial charge in [-0.3, -0.25) is 0 Å². The molecule has 0 unspecified atom stereocenters. The summed E-state index contributed by atoms with van der Waals surface area (Å²) in [6.07, 6.45) is 0.138. The third-order valence-electron chi connectivity index (χ3n) is 1.62. The summed E-state index contributed by atoms with van der Waals surface area (Å²) < 4.78 is 5.51. The van der Waals surface area contributed by atoms with Gasteiger partial charge in [-0.2, -0.15) is 4.98 Å². The van der Waals surface area contributed by atoms with Crippen molar-refractivity contribution in [2.45, 2.75) is 26.9 Å². The normalized spacial score (nSPS) is 10.4. The average molecular weight is 195 g/mol. The monoisotopic (exact) mass is 195 g/mol. The number of aromatic nitrogens is 2. The summed E-state index contributed by atoms with van der Waals surface area (Å²) in [7, 11) is 3.89. The summed E-state index contributed by atoms with van der Waals surface area (Å²) in [4.78, 5) is 10.4. The van der Waals surface area contributed by atoms with Gasteiger partial charge in [0.1, 0.15) is 11.6 Å². The van der Waals surface area contributed by atoms with Crippen LogP contribution in [0.3, 0.4) is 0 Å². The van der Waals surface area contributed by atoms with E-state index in [0.717, 1.165) is 11.6 Å². The second-order valence-electron chi connectivity index (χ2n) is 3.67. The van der Waals surface area contributed by atoms with E-state index in [0.29, 0.717) is 5.88 Å². The number of hydrogen-bond acceptors (Lipinski definition) is 4. The summed E-state index contributed by atoms with van der Waals surface area (Å²) >= 11 is 0. The highest BCUT2D eigenvalue weighted by Crippen LogP contribution is 2.16. The molecule has 0 aliphatic rings. The van der Waals surface area contributed by atoms with E-state index >= 15 is 0 Å². The largest absolute Gasteiger partial charge is 0.475 e. The maximum absolute atomic E-state index is 5.51. The van der Waals surface area contributed by atoms with Gasteiger partial charge < -0.3 is 9.64 Å². The minimum Gasteiger partial charge on any atom is -0.475 e. The molecule has 0 aromatic carbocycles. The minimum atomic E-state index is 0.138. The fourth-order valence-corrected chi connectivity index (χ4v) is 1.06. The van der Waals surface area contributed by atoms with Crippen molar-refractivity contribution in [2.24, 2.45) is 0 Å². The molecular formula is C10H17N3O. The highest BCUT2D eigenvalue weighted by molar-refractivity contribution is 5.39. The van der Waals surface area contributed by atoms with Gasteiger partial charge in [-0.15, -0.1) is 0 Å². The lowest BCUT2D eigenvalue weighted by atomic mass is 10.4. The Bertz CT molecular complexity index is 310. The van der Waals surface area contributed by atoms with E-state index in [1.807, 2.05) is 45.8 Å². The molecule has 0 bridgehead atoms. The van der Waals surface area contributed by atoms with Gasteiger partial charge in [0.25, 0.3) is 0 Å². The molecule has 1 heterocycles. The Morgan fingerprint density at radius 3 is 2.43 bits per heavy atom. The number of rotatable bonds is 3. The fraction of sp³-hybridized carbons (Fsp3) is 0.600. The Labute approximate surface area is 84.9 Å². The van der Waals surface area contributed by atoms with Crippen LogP contribution in [0, 0.1) is 6.92 Å². The molecule has 78 valence electrons. The first-order chi connectivity index (χ1) is 6.49. The number of aryl methyl sites for hydroxylation is 1. The predicted octanol–water partition coefficient (Wildman–Crippen LogP) is 1.64. The first-order valence-corrected chi connectivity index (χ1v) is 4.68. The molecule has 4 nitrogen and oxygen atoms in total. The van der Waals surface area contributed by atoms with E-state index < -0.39 is 0 Å². The molecule has 0 atom stereocenters. The summed E-state index contributed by atoms with van der Waals surface area (Å²) in [5.41, 5.74) is 0. The zero-order valence-corrected chi connectivity index (χ0v) is 9.40. The van der Waals surface area contributed by atoms with Gasteiger partial charge in [-0.25, -0.2) is 4.98 Å². The molecule has 1 aromatic heterocycles. The molecule has 1 aromatic rings. The summed E-state index contributed by atoms with van der Waals surface area (Å²) in [5, 5.41) is 0. The molecule has 4 heteroatoms. The van der Waals surface area contributed by atoms with Crippen LogP contribution in [0.15, 0.2) is 6.07 Å². The second-order valence-corrected chi connectivity index (χ2v) is 3.67. The topological polar surface area (TPSA) is 38.2 Å². The molecule has 0 saturated carbocycles. The van der Waals surface area contributed by atoms with Crippen LogP contribution in [0.1, 0.15) is 19.7 Å². The summed E-state index contributed by atoms with van der Waals surface area (Å²) in [5.74, 6) is 2.23. The van der Waals surface area contributed by atoms with Gasteiger partial charge in [0.2, 0.25) is 5.88 Å². The predicted molar refractivity (Wildman–Crippen MR) is 56.9 cm³/mol. The van der Waals surface area contributed by atoms with Crippen molar-refractivity contribution in [1.82, 2.24) is 9.97 Å². The smallest absolute Gasteiger partial charge is 0.218 e. The number of ether oxygens (including phenoxy) is 1. The lowest BCUT2D eigenvalue weighted by Gasteiger charge is -2.14. The van der Waals surface area contributed by atoms with Gasteiger partial charge in [0.15, 0.2) is 0 Å². The summed E-state index contributed by atoms with van der Waals surface area (Å²) in [6, 6.07) is 1.84. The Morgan fingerprint density at radius 1 is 1.29 bits per heavy atom. The van der Waals surface area contributed by atoms with Crippen LogP contribution in [0.5, 0.6) is 5.88 Å². The Hall–Kier alpha value is -1.32. The highest BCUT2D eigenvalue weighted by atomic mass is 16.5. The zero-order valence-electron chi connectivity index (χ0n) is 9.40. The van der Waals surface area contributed by atoms with Crippen molar-refractivity contribution in [3.63, 3.8) is 0 Å². The van der Waals surface area contributed by atoms with E-state index in [-0.39, 0.29) is 6.10 Å². The van der Waals surface area contributed by atoms with Crippen molar-refractivity contribution in [1.29, 1.82) is 0 Å². The van der Waals surface area contributed by atoms with Crippen LogP contribution in [-0.2, 0) is 0 Å². The molecule has 0 radical (unpaired) electrons. The average Bonchev–Trinajstić information content (AvgIpc) is 2.01. The minimum absolute atomic E-state index is 0.138. The maximum atomic E-state index is 5.51. The number of nitrogens with zero attached hydrogens (tertiary/aromatic N) is 3. The van der Waals surface area contributed by atoms with Crippen molar-refractivity contribution in [3.05, 3.63) is 11.9 Å². The van der Waals surface area contributed by atoms with Crippen LogP contribution in [0.25, 0.3) is 0 Å². The van der Waals surface area contributed by atoms with Crippen LogP contribution < -0.4 is 9.64 Å². The highest BCUT2D eigenvalue weighted by Gasteiger charge is 2.05. The van der Waals surface area contributed by atoms with E-state index in [1.165, 1.54) is 0 Å². The van der Waals surface area contributed by atoms with Crippen LogP contribution in [0.2, 0.25) is 0 Å². The van der Waals surface area contributed by atoms with Gasteiger partial charge in [-0.1, -0.05) is 0 Å². The van der Waals surface area contributed by atoms with Gasteiger partial charge in [0, 0.05) is 20.2 Å². The second kappa shape index (κ2) is 4.26. The Morgan fingerprint density at radius 2 is 1.93 bits per heavy atom.